The molecule has 1 aliphatic rings. The van der Waals surface area contributed by atoms with Crippen LogP contribution in [0.5, 0.6) is 0 Å². The SMILES string of the molecule is CCCCCCCC(C)(CCCCCC)CCN1CCSC1. The first-order chi connectivity index (χ1) is 10.7. The number of hydrogen-bond donors (Lipinski definition) is 0. The van der Waals surface area contributed by atoms with Crippen LogP contribution >= 0.6 is 11.8 Å². The van der Waals surface area contributed by atoms with Crippen LogP contribution in [-0.2, 0) is 0 Å². The number of unbranched alkanes of at least 4 members (excludes halogenated alkanes) is 7. The third kappa shape index (κ3) is 9.45. The first-order valence-electron chi connectivity index (χ1n) is 10.0. The van der Waals surface area contributed by atoms with Gasteiger partial charge in [-0.15, -0.1) is 11.8 Å². The molecule has 1 aliphatic heterocycles. The van der Waals surface area contributed by atoms with Crippen LogP contribution in [0.25, 0.3) is 0 Å². The summed E-state index contributed by atoms with van der Waals surface area (Å²) in [6.45, 7) is 9.88. The van der Waals surface area contributed by atoms with Crippen molar-refractivity contribution in [1.82, 2.24) is 4.90 Å². The zero-order chi connectivity index (χ0) is 16.1. The van der Waals surface area contributed by atoms with Crippen molar-refractivity contribution in [3.63, 3.8) is 0 Å². The van der Waals surface area contributed by atoms with Gasteiger partial charge in [0, 0.05) is 18.2 Å². The maximum Gasteiger partial charge on any atom is 0.0445 e. The monoisotopic (exact) mass is 327 g/mol. The Labute approximate surface area is 145 Å². The Hall–Kier alpha value is 0.310. The first-order valence-corrected chi connectivity index (χ1v) is 11.2. The van der Waals surface area contributed by atoms with E-state index in [1.54, 1.807) is 0 Å². The average Bonchev–Trinajstić information content (AvgIpc) is 3.03. The molecule has 2 heteroatoms. The molecule has 0 aromatic heterocycles. The Balaban J connectivity index is 2.29. The summed E-state index contributed by atoms with van der Waals surface area (Å²) in [6, 6.07) is 0. The fourth-order valence-electron chi connectivity index (χ4n) is 3.57. The predicted molar refractivity (Wildman–Crippen MR) is 104 cm³/mol. The number of thioether (sulfide) groups is 1. The lowest BCUT2D eigenvalue weighted by atomic mass is 9.77. The fourth-order valence-corrected chi connectivity index (χ4v) is 4.60. The highest BCUT2D eigenvalue weighted by molar-refractivity contribution is 7.99. The summed E-state index contributed by atoms with van der Waals surface area (Å²) in [5.74, 6) is 2.63. The van der Waals surface area contributed by atoms with Crippen molar-refractivity contribution in [2.24, 2.45) is 5.41 Å². The van der Waals surface area contributed by atoms with Crippen molar-refractivity contribution < 1.29 is 0 Å². The van der Waals surface area contributed by atoms with E-state index < -0.39 is 0 Å². The predicted octanol–water partition coefficient (Wildman–Crippen LogP) is 6.72. The van der Waals surface area contributed by atoms with Crippen molar-refractivity contribution in [3.05, 3.63) is 0 Å². The van der Waals surface area contributed by atoms with E-state index in [2.05, 4.69) is 37.4 Å². The molecule has 1 fully saturated rings. The molecular formula is C20H41NS. The van der Waals surface area contributed by atoms with Gasteiger partial charge in [0.2, 0.25) is 0 Å². The minimum absolute atomic E-state index is 0.604. The molecule has 0 aromatic carbocycles. The molecule has 1 heterocycles. The molecule has 1 rings (SSSR count). The van der Waals surface area contributed by atoms with Crippen molar-refractivity contribution in [2.75, 3.05) is 24.7 Å². The maximum atomic E-state index is 2.67. The lowest BCUT2D eigenvalue weighted by Gasteiger charge is -2.32. The van der Waals surface area contributed by atoms with Crippen molar-refractivity contribution in [2.45, 2.75) is 97.8 Å². The lowest BCUT2D eigenvalue weighted by Crippen LogP contribution is -2.27. The van der Waals surface area contributed by atoms with Gasteiger partial charge in [-0.2, -0.15) is 0 Å². The molecule has 1 nitrogen and oxygen atoms in total. The summed E-state index contributed by atoms with van der Waals surface area (Å²) in [4.78, 5) is 2.67. The molecule has 0 aromatic rings. The minimum atomic E-state index is 0.604. The summed E-state index contributed by atoms with van der Waals surface area (Å²) in [5.41, 5.74) is 0.604. The quantitative estimate of drug-likeness (QED) is 0.326. The molecule has 22 heavy (non-hydrogen) atoms. The van der Waals surface area contributed by atoms with Crippen LogP contribution in [0.15, 0.2) is 0 Å². The minimum Gasteiger partial charge on any atom is -0.293 e. The van der Waals surface area contributed by atoms with Crippen LogP contribution in [0.4, 0.5) is 0 Å². The second kappa shape index (κ2) is 12.7. The summed E-state index contributed by atoms with van der Waals surface area (Å²) in [5, 5.41) is 0. The van der Waals surface area contributed by atoms with E-state index in [0.717, 1.165) is 0 Å². The van der Waals surface area contributed by atoms with Gasteiger partial charge in [0.25, 0.3) is 0 Å². The van der Waals surface area contributed by atoms with Crippen LogP contribution < -0.4 is 0 Å². The Morgan fingerprint density at radius 2 is 1.41 bits per heavy atom. The first kappa shape index (κ1) is 20.4. The van der Waals surface area contributed by atoms with Gasteiger partial charge in [-0.25, -0.2) is 0 Å². The highest BCUT2D eigenvalue weighted by atomic mass is 32.2. The highest BCUT2D eigenvalue weighted by Crippen LogP contribution is 2.35. The topological polar surface area (TPSA) is 3.24 Å². The summed E-state index contributed by atoms with van der Waals surface area (Å²) < 4.78 is 0. The summed E-state index contributed by atoms with van der Waals surface area (Å²) in [6.07, 6.45) is 17.2. The van der Waals surface area contributed by atoms with E-state index in [1.807, 2.05) is 0 Å². The van der Waals surface area contributed by atoms with Crippen molar-refractivity contribution in [3.8, 4) is 0 Å². The largest absolute Gasteiger partial charge is 0.293 e. The van der Waals surface area contributed by atoms with Crippen LogP contribution in [0.1, 0.15) is 97.8 Å². The van der Waals surface area contributed by atoms with E-state index in [0.29, 0.717) is 5.41 Å². The second-order valence-electron chi connectivity index (χ2n) is 7.69. The van der Waals surface area contributed by atoms with Gasteiger partial charge in [-0.05, 0) is 31.2 Å². The zero-order valence-corrected chi connectivity index (χ0v) is 16.5. The van der Waals surface area contributed by atoms with Crippen LogP contribution in [-0.4, -0.2) is 29.6 Å². The molecule has 0 N–H and O–H groups in total. The van der Waals surface area contributed by atoms with E-state index in [-0.39, 0.29) is 0 Å². The molecule has 0 spiro atoms. The van der Waals surface area contributed by atoms with Gasteiger partial charge >= 0.3 is 0 Å². The molecule has 0 amide bonds. The molecule has 1 atom stereocenters. The third-order valence-corrected chi connectivity index (χ3v) is 6.39. The number of nitrogens with zero attached hydrogens (tertiary/aromatic N) is 1. The molecular weight excluding hydrogens is 286 g/mol. The van der Waals surface area contributed by atoms with Crippen molar-refractivity contribution in [1.29, 1.82) is 0 Å². The Bertz CT molecular complexity index is 250. The standard InChI is InChI=1S/C20H41NS/c1-4-6-8-10-12-14-20(3,13-11-9-7-5-2)15-16-21-17-18-22-19-21/h4-19H2,1-3H3. The van der Waals surface area contributed by atoms with Crippen LogP contribution in [0.2, 0.25) is 0 Å². The van der Waals surface area contributed by atoms with E-state index in [1.165, 1.54) is 102 Å². The van der Waals surface area contributed by atoms with E-state index in [9.17, 15) is 0 Å². The van der Waals surface area contributed by atoms with Crippen LogP contribution in [0, 0.1) is 5.41 Å². The lowest BCUT2D eigenvalue weighted by molar-refractivity contribution is 0.195. The summed E-state index contributed by atoms with van der Waals surface area (Å²) in [7, 11) is 0. The van der Waals surface area contributed by atoms with Crippen LogP contribution in [0.3, 0.4) is 0 Å². The molecule has 0 radical (unpaired) electrons. The molecule has 0 aliphatic carbocycles. The number of hydrogen-bond acceptors (Lipinski definition) is 2. The zero-order valence-electron chi connectivity index (χ0n) is 15.7. The maximum absolute atomic E-state index is 2.67. The smallest absolute Gasteiger partial charge is 0.0445 e. The molecule has 1 saturated heterocycles. The van der Waals surface area contributed by atoms with Gasteiger partial charge in [0.15, 0.2) is 0 Å². The van der Waals surface area contributed by atoms with Gasteiger partial charge in [0.05, 0.1) is 0 Å². The fraction of sp³-hybridized carbons (Fsp3) is 1.00. The van der Waals surface area contributed by atoms with Crippen molar-refractivity contribution >= 4 is 11.8 Å². The highest BCUT2D eigenvalue weighted by Gasteiger charge is 2.25. The second-order valence-corrected chi connectivity index (χ2v) is 8.77. The van der Waals surface area contributed by atoms with Gasteiger partial charge < -0.3 is 0 Å². The molecule has 132 valence electrons. The molecule has 0 saturated carbocycles. The van der Waals surface area contributed by atoms with E-state index in [4.69, 9.17) is 0 Å². The number of rotatable bonds is 14. The summed E-state index contributed by atoms with van der Waals surface area (Å²) >= 11 is 2.11. The van der Waals surface area contributed by atoms with Gasteiger partial charge in [-0.3, -0.25) is 4.90 Å². The van der Waals surface area contributed by atoms with E-state index >= 15 is 0 Å². The van der Waals surface area contributed by atoms with Gasteiger partial charge in [0.1, 0.15) is 0 Å². The Morgan fingerprint density at radius 3 is 1.95 bits per heavy atom. The molecule has 0 bridgehead atoms. The Kier molecular flexibility index (Phi) is 11.7. The normalized spacial score (nSPS) is 18.7. The third-order valence-electron chi connectivity index (χ3n) is 5.38. The van der Waals surface area contributed by atoms with Gasteiger partial charge in [-0.1, -0.05) is 78.6 Å². The average molecular weight is 328 g/mol. The Morgan fingerprint density at radius 1 is 0.818 bits per heavy atom. The molecule has 1 unspecified atom stereocenters.